The molecule has 1 N–H and O–H groups in total. The van der Waals surface area contributed by atoms with E-state index in [1.807, 2.05) is 0 Å². The van der Waals surface area contributed by atoms with Gasteiger partial charge >= 0.3 is 0 Å². The first-order valence-electron chi connectivity index (χ1n) is 7.58. The minimum absolute atomic E-state index is 0.129. The maximum absolute atomic E-state index is 12.5. The number of rotatable bonds is 3. The zero-order valence-corrected chi connectivity index (χ0v) is 16.2. The van der Waals surface area contributed by atoms with E-state index in [-0.39, 0.29) is 28.1 Å². The molecule has 25 heavy (non-hydrogen) atoms. The quantitative estimate of drug-likeness (QED) is 0.721. The van der Waals surface area contributed by atoms with Crippen molar-refractivity contribution in [3.8, 4) is 5.75 Å². The van der Waals surface area contributed by atoms with Crippen LogP contribution in [-0.2, 0) is 9.59 Å². The van der Waals surface area contributed by atoms with Gasteiger partial charge in [0.2, 0.25) is 5.91 Å². The van der Waals surface area contributed by atoms with Crippen molar-refractivity contribution in [3.05, 3.63) is 32.1 Å². The molecule has 1 aromatic rings. The molecule has 9 heteroatoms. The van der Waals surface area contributed by atoms with Gasteiger partial charge in [-0.2, -0.15) is 0 Å². The Balaban J connectivity index is 1.80. The van der Waals surface area contributed by atoms with Crippen molar-refractivity contribution in [2.24, 2.45) is 0 Å². The molecule has 6 nitrogen and oxygen atoms in total. The molecule has 2 aliphatic heterocycles. The number of hydrogen-bond acceptors (Lipinski definition) is 5. The van der Waals surface area contributed by atoms with Crippen LogP contribution in [0.5, 0.6) is 5.75 Å². The van der Waals surface area contributed by atoms with Crippen LogP contribution in [0.3, 0.4) is 0 Å². The van der Waals surface area contributed by atoms with E-state index in [1.165, 1.54) is 12.1 Å². The summed E-state index contributed by atoms with van der Waals surface area (Å²) in [6.45, 7) is 1.07. The summed E-state index contributed by atoms with van der Waals surface area (Å²) in [4.78, 5) is 39.5. The van der Waals surface area contributed by atoms with Crippen LogP contribution in [0.25, 0.3) is 6.08 Å². The first kappa shape index (κ1) is 18.3. The standard InChI is InChI=1S/C16H14BrClN2O4S/c17-10-5-9(14(22)11(18)7-10)6-12-15(23)20(16(24)25-12)8-13(21)19-3-1-2-4-19/h5-7,22H,1-4,8H2/b12-6-. The normalized spacial score (nSPS) is 19.4. The van der Waals surface area contributed by atoms with Gasteiger partial charge in [-0.1, -0.05) is 27.5 Å². The third kappa shape index (κ3) is 3.86. The number of aromatic hydroxyl groups is 1. The number of thioether (sulfide) groups is 1. The Morgan fingerprint density at radius 1 is 1.32 bits per heavy atom. The van der Waals surface area contributed by atoms with Crippen LogP contribution in [0.4, 0.5) is 4.79 Å². The van der Waals surface area contributed by atoms with Crippen molar-refractivity contribution in [2.45, 2.75) is 12.8 Å². The number of carbonyl (C=O) groups is 3. The van der Waals surface area contributed by atoms with Crippen molar-refractivity contribution in [1.29, 1.82) is 0 Å². The van der Waals surface area contributed by atoms with Gasteiger partial charge in [-0.3, -0.25) is 19.3 Å². The summed E-state index contributed by atoms with van der Waals surface area (Å²) in [5, 5.41) is 9.64. The van der Waals surface area contributed by atoms with Crippen molar-refractivity contribution in [1.82, 2.24) is 9.80 Å². The van der Waals surface area contributed by atoms with Gasteiger partial charge in [-0.25, -0.2) is 0 Å². The lowest BCUT2D eigenvalue weighted by Gasteiger charge is -2.18. The third-order valence-electron chi connectivity index (χ3n) is 3.97. The lowest BCUT2D eigenvalue weighted by molar-refractivity contribution is -0.135. The van der Waals surface area contributed by atoms with Gasteiger partial charge in [0.25, 0.3) is 11.1 Å². The Morgan fingerprint density at radius 2 is 2.00 bits per heavy atom. The molecule has 0 aliphatic carbocycles. The Kier molecular flexibility index (Phi) is 5.41. The average molecular weight is 446 g/mol. The average Bonchev–Trinajstić information content (AvgIpc) is 3.17. The SMILES string of the molecule is O=C(CN1C(=O)S/C(=C\c2cc(Br)cc(Cl)c2O)C1=O)N1CCCC1. The highest BCUT2D eigenvalue weighted by atomic mass is 79.9. The highest BCUT2D eigenvalue weighted by Gasteiger charge is 2.37. The molecule has 2 aliphatic rings. The minimum Gasteiger partial charge on any atom is -0.506 e. The van der Waals surface area contributed by atoms with E-state index in [9.17, 15) is 19.5 Å². The number of likely N-dealkylation sites (tertiary alicyclic amines) is 1. The summed E-state index contributed by atoms with van der Waals surface area (Å²) < 4.78 is 0.630. The highest BCUT2D eigenvalue weighted by molar-refractivity contribution is 9.10. The maximum atomic E-state index is 12.5. The molecule has 2 fully saturated rings. The van der Waals surface area contributed by atoms with Crippen LogP contribution in [0.15, 0.2) is 21.5 Å². The second kappa shape index (κ2) is 7.39. The molecule has 3 rings (SSSR count). The first-order chi connectivity index (χ1) is 11.9. The molecule has 0 saturated carbocycles. The number of phenols is 1. The van der Waals surface area contributed by atoms with Crippen LogP contribution >= 0.6 is 39.3 Å². The number of phenolic OH excluding ortho intramolecular Hbond substituents is 1. The number of amides is 3. The molecule has 0 atom stereocenters. The fourth-order valence-electron chi connectivity index (χ4n) is 2.68. The molecule has 0 radical (unpaired) electrons. The Hall–Kier alpha value is -1.51. The molecular weight excluding hydrogens is 432 g/mol. The summed E-state index contributed by atoms with van der Waals surface area (Å²) in [6.07, 6.45) is 3.28. The molecule has 132 valence electrons. The molecule has 0 aromatic heterocycles. The summed E-state index contributed by atoms with van der Waals surface area (Å²) in [5.74, 6) is -0.947. The molecular formula is C16H14BrClN2O4S. The van der Waals surface area contributed by atoms with E-state index in [2.05, 4.69) is 15.9 Å². The Bertz CT molecular complexity index is 793. The molecule has 0 unspecified atom stereocenters. The highest BCUT2D eigenvalue weighted by Crippen LogP contribution is 2.37. The fraction of sp³-hybridized carbons (Fsp3) is 0.312. The van der Waals surface area contributed by atoms with E-state index in [4.69, 9.17) is 11.6 Å². The molecule has 2 heterocycles. The predicted octanol–water partition coefficient (Wildman–Crippen LogP) is 3.47. The fourth-order valence-corrected chi connectivity index (χ4v) is 4.34. The van der Waals surface area contributed by atoms with Gasteiger partial charge in [-0.15, -0.1) is 0 Å². The Morgan fingerprint density at radius 3 is 2.68 bits per heavy atom. The summed E-state index contributed by atoms with van der Waals surface area (Å²) in [7, 11) is 0. The van der Waals surface area contributed by atoms with Gasteiger partial charge in [0.05, 0.1) is 9.93 Å². The topological polar surface area (TPSA) is 77.9 Å². The lowest BCUT2D eigenvalue weighted by atomic mass is 10.2. The third-order valence-corrected chi connectivity index (χ3v) is 5.62. The van der Waals surface area contributed by atoms with Gasteiger partial charge in [0, 0.05) is 23.1 Å². The zero-order valence-electron chi connectivity index (χ0n) is 13.0. The number of imide groups is 1. The maximum Gasteiger partial charge on any atom is 0.294 e. The van der Waals surface area contributed by atoms with Crippen molar-refractivity contribution in [3.63, 3.8) is 0 Å². The number of benzene rings is 1. The van der Waals surface area contributed by atoms with Gasteiger partial charge in [0.1, 0.15) is 12.3 Å². The predicted molar refractivity (Wildman–Crippen MR) is 99.3 cm³/mol. The van der Waals surface area contributed by atoms with Crippen LogP contribution in [0, 0.1) is 0 Å². The minimum atomic E-state index is -0.543. The Labute approximate surface area is 161 Å². The van der Waals surface area contributed by atoms with E-state index >= 15 is 0 Å². The molecule has 2 saturated heterocycles. The van der Waals surface area contributed by atoms with E-state index in [1.54, 1.807) is 11.0 Å². The first-order valence-corrected chi connectivity index (χ1v) is 9.56. The van der Waals surface area contributed by atoms with E-state index in [0.717, 1.165) is 29.5 Å². The van der Waals surface area contributed by atoms with Crippen LogP contribution in [0.1, 0.15) is 18.4 Å². The van der Waals surface area contributed by atoms with Gasteiger partial charge in [0.15, 0.2) is 0 Å². The van der Waals surface area contributed by atoms with Crippen molar-refractivity contribution >= 4 is 62.4 Å². The molecule has 3 amide bonds. The lowest BCUT2D eigenvalue weighted by Crippen LogP contribution is -2.40. The van der Waals surface area contributed by atoms with Gasteiger partial charge < -0.3 is 10.0 Å². The van der Waals surface area contributed by atoms with Crippen molar-refractivity contribution in [2.75, 3.05) is 19.6 Å². The summed E-state index contributed by atoms with van der Waals surface area (Å²) in [5.41, 5.74) is 0.316. The largest absolute Gasteiger partial charge is 0.506 e. The van der Waals surface area contributed by atoms with Crippen LogP contribution in [0.2, 0.25) is 5.02 Å². The molecule has 0 spiro atoms. The monoisotopic (exact) mass is 444 g/mol. The van der Waals surface area contributed by atoms with Crippen molar-refractivity contribution < 1.29 is 19.5 Å². The zero-order chi connectivity index (χ0) is 18.1. The second-order valence-corrected chi connectivity index (χ2v) is 8.00. The number of nitrogens with zero attached hydrogens (tertiary/aromatic N) is 2. The smallest absolute Gasteiger partial charge is 0.294 e. The molecule has 0 bridgehead atoms. The van der Waals surface area contributed by atoms with Crippen LogP contribution < -0.4 is 0 Å². The number of carbonyl (C=O) groups excluding carboxylic acids is 3. The van der Waals surface area contributed by atoms with Crippen LogP contribution in [-0.4, -0.2) is 51.6 Å². The van der Waals surface area contributed by atoms with Gasteiger partial charge in [-0.05, 0) is 42.8 Å². The summed E-state index contributed by atoms with van der Waals surface area (Å²) >= 11 is 9.91. The van der Waals surface area contributed by atoms with E-state index < -0.39 is 11.1 Å². The number of halogens is 2. The number of hydrogen-bond donors (Lipinski definition) is 1. The second-order valence-electron chi connectivity index (χ2n) is 5.68. The molecule has 1 aromatic carbocycles. The summed E-state index contributed by atoms with van der Waals surface area (Å²) in [6, 6.07) is 3.11. The van der Waals surface area contributed by atoms with E-state index in [0.29, 0.717) is 23.1 Å².